The van der Waals surface area contributed by atoms with E-state index in [-0.39, 0.29) is 12.5 Å². The number of aliphatic hydroxyl groups excluding tert-OH is 1. The third-order valence-corrected chi connectivity index (χ3v) is 5.01. The van der Waals surface area contributed by atoms with Gasteiger partial charge in [-0.25, -0.2) is 4.98 Å². The molecule has 0 unspecified atom stereocenters. The summed E-state index contributed by atoms with van der Waals surface area (Å²) >= 11 is 1.60. The number of amides is 1. The first kappa shape index (κ1) is 15.9. The Morgan fingerprint density at radius 1 is 1.35 bits per heavy atom. The number of anilines is 2. The molecule has 3 rings (SSSR count). The molecule has 0 aromatic carbocycles. The van der Waals surface area contributed by atoms with Crippen molar-refractivity contribution in [3.63, 3.8) is 0 Å². The van der Waals surface area contributed by atoms with Gasteiger partial charge in [0.25, 0.3) is 0 Å². The maximum Gasteiger partial charge on any atom is 0.228 e. The zero-order valence-corrected chi connectivity index (χ0v) is 14.2. The molecule has 0 saturated carbocycles. The number of piperazine rings is 1. The molecule has 1 saturated heterocycles. The molecule has 3 heterocycles. The summed E-state index contributed by atoms with van der Waals surface area (Å²) in [4.78, 5) is 25.7. The number of rotatable bonds is 4. The van der Waals surface area contributed by atoms with E-state index in [0.29, 0.717) is 25.6 Å². The lowest BCUT2D eigenvalue weighted by Gasteiger charge is -2.34. The Labute approximate surface area is 138 Å². The summed E-state index contributed by atoms with van der Waals surface area (Å²) in [6.07, 6.45) is 0. The molecule has 2 aromatic rings. The molecule has 0 spiro atoms. The van der Waals surface area contributed by atoms with E-state index in [4.69, 9.17) is 5.11 Å². The van der Waals surface area contributed by atoms with Crippen molar-refractivity contribution in [3.8, 4) is 0 Å². The summed E-state index contributed by atoms with van der Waals surface area (Å²) in [5, 5.41) is 15.3. The molecule has 1 aliphatic heterocycles. The number of hydrogen-bond acceptors (Lipinski definition) is 7. The molecule has 1 aliphatic rings. The maximum atomic E-state index is 11.4. The van der Waals surface area contributed by atoms with Crippen molar-refractivity contribution in [3.05, 3.63) is 10.9 Å². The van der Waals surface area contributed by atoms with Crippen LogP contribution in [-0.2, 0) is 4.79 Å². The highest BCUT2D eigenvalue weighted by Gasteiger charge is 2.22. The summed E-state index contributed by atoms with van der Waals surface area (Å²) in [6.45, 7) is 7.00. The highest BCUT2D eigenvalue weighted by molar-refractivity contribution is 7.17. The highest BCUT2D eigenvalue weighted by atomic mass is 32.1. The number of nitrogens with zero attached hydrogens (tertiary/aromatic N) is 4. The number of aliphatic hydroxyl groups is 1. The minimum atomic E-state index is 0.0568. The molecule has 1 fully saturated rings. The second kappa shape index (κ2) is 6.67. The van der Waals surface area contributed by atoms with Gasteiger partial charge in [0, 0.05) is 39.6 Å². The molecule has 0 bridgehead atoms. The van der Waals surface area contributed by atoms with E-state index in [1.54, 1.807) is 18.3 Å². The van der Waals surface area contributed by atoms with E-state index in [9.17, 15) is 4.79 Å². The quantitative estimate of drug-likeness (QED) is 0.870. The van der Waals surface area contributed by atoms with E-state index in [1.165, 1.54) is 0 Å². The number of carbonyl (C=O) groups excluding carboxylic acids is 1. The summed E-state index contributed by atoms with van der Waals surface area (Å²) in [6, 6.07) is 0. The summed E-state index contributed by atoms with van der Waals surface area (Å²) < 4.78 is 0. The normalized spacial score (nSPS) is 15.3. The summed E-state index contributed by atoms with van der Waals surface area (Å²) in [5.74, 6) is 1.56. The Morgan fingerprint density at radius 2 is 2.09 bits per heavy atom. The van der Waals surface area contributed by atoms with Gasteiger partial charge in [-0.15, -0.1) is 11.3 Å². The molecule has 8 heteroatoms. The van der Waals surface area contributed by atoms with Crippen molar-refractivity contribution >= 4 is 39.2 Å². The third-order valence-electron chi connectivity index (χ3n) is 4.02. The molecule has 1 amide bonds. The molecule has 23 heavy (non-hydrogen) atoms. The molecule has 124 valence electrons. The lowest BCUT2D eigenvalue weighted by molar-refractivity contribution is -0.129. The van der Waals surface area contributed by atoms with E-state index in [2.05, 4.69) is 25.6 Å². The van der Waals surface area contributed by atoms with Gasteiger partial charge in [0.15, 0.2) is 0 Å². The molecule has 7 nitrogen and oxygen atoms in total. The van der Waals surface area contributed by atoms with Crippen LogP contribution in [0.4, 0.5) is 11.8 Å². The summed E-state index contributed by atoms with van der Waals surface area (Å²) in [7, 11) is 0. The lowest BCUT2D eigenvalue weighted by atomic mass is 10.2. The Balaban J connectivity index is 1.88. The van der Waals surface area contributed by atoms with E-state index < -0.39 is 0 Å². The van der Waals surface area contributed by atoms with Gasteiger partial charge in [-0.3, -0.25) is 4.79 Å². The van der Waals surface area contributed by atoms with Crippen LogP contribution in [0, 0.1) is 6.92 Å². The minimum absolute atomic E-state index is 0.0568. The zero-order chi connectivity index (χ0) is 16.4. The Hall–Kier alpha value is -1.93. The number of aromatic nitrogens is 2. The van der Waals surface area contributed by atoms with Crippen LogP contribution in [0.3, 0.4) is 0 Å². The van der Waals surface area contributed by atoms with Crippen molar-refractivity contribution < 1.29 is 9.90 Å². The van der Waals surface area contributed by atoms with E-state index in [0.717, 1.165) is 34.7 Å². The van der Waals surface area contributed by atoms with Gasteiger partial charge in [0.1, 0.15) is 10.6 Å². The smallest absolute Gasteiger partial charge is 0.228 e. The first-order valence-electron chi connectivity index (χ1n) is 7.71. The Bertz CT molecular complexity index is 709. The van der Waals surface area contributed by atoms with Gasteiger partial charge in [-0.1, -0.05) is 0 Å². The molecular formula is C15H21N5O2S. The number of carbonyl (C=O) groups is 1. The number of aryl methyl sites for hydroxylation is 1. The van der Waals surface area contributed by atoms with Gasteiger partial charge in [0.05, 0.1) is 12.0 Å². The fraction of sp³-hybridized carbons (Fsp3) is 0.533. The fourth-order valence-corrected chi connectivity index (χ4v) is 3.65. The number of nitrogens with one attached hydrogen (secondary N) is 1. The number of thiophene rings is 1. The van der Waals surface area contributed by atoms with Crippen LogP contribution in [-0.4, -0.2) is 65.2 Å². The molecule has 0 atom stereocenters. The molecule has 0 aliphatic carbocycles. The largest absolute Gasteiger partial charge is 0.395 e. The topological polar surface area (TPSA) is 81.6 Å². The van der Waals surface area contributed by atoms with Crippen molar-refractivity contribution in [2.75, 3.05) is 49.5 Å². The predicted molar refractivity (Wildman–Crippen MR) is 92.2 cm³/mol. The van der Waals surface area contributed by atoms with Crippen molar-refractivity contribution in [1.82, 2.24) is 14.9 Å². The second-order valence-electron chi connectivity index (χ2n) is 5.61. The van der Waals surface area contributed by atoms with Crippen LogP contribution in [0.15, 0.2) is 5.38 Å². The highest BCUT2D eigenvalue weighted by Crippen LogP contribution is 2.31. The van der Waals surface area contributed by atoms with Gasteiger partial charge >= 0.3 is 0 Å². The molecular weight excluding hydrogens is 314 g/mol. The van der Waals surface area contributed by atoms with Crippen LogP contribution in [0.25, 0.3) is 10.2 Å². The fourth-order valence-electron chi connectivity index (χ4n) is 2.74. The van der Waals surface area contributed by atoms with Crippen molar-refractivity contribution in [2.45, 2.75) is 13.8 Å². The van der Waals surface area contributed by atoms with Crippen LogP contribution in [0.2, 0.25) is 0 Å². The van der Waals surface area contributed by atoms with Crippen LogP contribution >= 0.6 is 11.3 Å². The monoisotopic (exact) mass is 335 g/mol. The van der Waals surface area contributed by atoms with Crippen LogP contribution in [0.5, 0.6) is 0 Å². The van der Waals surface area contributed by atoms with Gasteiger partial charge < -0.3 is 20.2 Å². The first-order valence-corrected chi connectivity index (χ1v) is 8.59. The first-order chi connectivity index (χ1) is 11.1. The van der Waals surface area contributed by atoms with Crippen LogP contribution < -0.4 is 10.2 Å². The lowest BCUT2D eigenvalue weighted by Crippen LogP contribution is -2.48. The second-order valence-corrected chi connectivity index (χ2v) is 6.47. The molecule has 2 N–H and O–H groups in total. The van der Waals surface area contributed by atoms with Crippen molar-refractivity contribution in [2.24, 2.45) is 0 Å². The summed E-state index contributed by atoms with van der Waals surface area (Å²) in [5.41, 5.74) is 1.14. The molecule has 0 radical (unpaired) electrons. The van der Waals surface area contributed by atoms with Crippen molar-refractivity contribution in [1.29, 1.82) is 0 Å². The standard InChI is InChI=1S/C15H21N5O2S/c1-10-9-23-14-12(10)13(16-3-8-21)17-15(18-14)20-6-4-19(5-7-20)11(2)22/h9,21H,3-8H2,1-2H3,(H,16,17,18). The van der Waals surface area contributed by atoms with Gasteiger partial charge in [0.2, 0.25) is 11.9 Å². The number of fused-ring (bicyclic) bond motifs is 1. The molecule has 2 aromatic heterocycles. The number of hydrogen-bond donors (Lipinski definition) is 2. The zero-order valence-electron chi connectivity index (χ0n) is 13.4. The van der Waals surface area contributed by atoms with E-state index >= 15 is 0 Å². The maximum absolute atomic E-state index is 11.4. The average Bonchev–Trinajstić information content (AvgIpc) is 2.94. The average molecular weight is 335 g/mol. The SMILES string of the molecule is CC(=O)N1CCN(c2nc(NCCO)c3c(C)csc3n2)CC1. The van der Waals surface area contributed by atoms with Gasteiger partial charge in [-0.05, 0) is 17.9 Å². The van der Waals surface area contributed by atoms with E-state index in [1.807, 2.05) is 11.8 Å². The van der Waals surface area contributed by atoms with Crippen LogP contribution in [0.1, 0.15) is 12.5 Å². The Kier molecular flexibility index (Phi) is 4.63. The minimum Gasteiger partial charge on any atom is -0.395 e. The van der Waals surface area contributed by atoms with Gasteiger partial charge in [-0.2, -0.15) is 4.98 Å². The predicted octanol–water partition coefficient (Wildman–Crippen LogP) is 1.07. The third kappa shape index (κ3) is 3.23. The Morgan fingerprint density at radius 3 is 2.74 bits per heavy atom.